The summed E-state index contributed by atoms with van der Waals surface area (Å²) in [5.74, 6) is 0.755. The van der Waals surface area contributed by atoms with Crippen molar-refractivity contribution in [2.24, 2.45) is 5.92 Å². The molecule has 2 rings (SSSR count). The van der Waals surface area contributed by atoms with E-state index in [-0.39, 0.29) is 6.10 Å². The maximum Gasteiger partial charge on any atom is 0.0792 e. The van der Waals surface area contributed by atoms with Gasteiger partial charge in [0, 0.05) is 5.02 Å². The molecule has 1 unspecified atom stereocenters. The Labute approximate surface area is 83.3 Å². The van der Waals surface area contributed by atoms with Gasteiger partial charge in [-0.05, 0) is 30.0 Å². The number of hydrogen-bond acceptors (Lipinski definition) is 1. The standard InChI is InChI=1S/C11H13ClO/c12-10-5-3-9(4-6-10)11(13)7-8-1-2-8/h3-6,8,11,13H,1-2,7H2. The van der Waals surface area contributed by atoms with Gasteiger partial charge in [0.25, 0.3) is 0 Å². The third-order valence-corrected chi connectivity index (χ3v) is 2.76. The molecule has 0 aliphatic heterocycles. The van der Waals surface area contributed by atoms with Crippen LogP contribution in [0.4, 0.5) is 0 Å². The first kappa shape index (κ1) is 9.04. The van der Waals surface area contributed by atoms with E-state index in [0.717, 1.165) is 22.9 Å². The van der Waals surface area contributed by atoms with Crippen LogP contribution in [0.2, 0.25) is 5.02 Å². The molecule has 0 radical (unpaired) electrons. The lowest BCUT2D eigenvalue weighted by atomic mass is 10.0. The number of benzene rings is 1. The molecule has 1 saturated carbocycles. The third kappa shape index (κ3) is 2.45. The molecule has 1 atom stereocenters. The Kier molecular flexibility index (Phi) is 2.56. The fourth-order valence-electron chi connectivity index (χ4n) is 1.49. The second kappa shape index (κ2) is 3.69. The highest BCUT2D eigenvalue weighted by Gasteiger charge is 2.24. The van der Waals surface area contributed by atoms with Crippen LogP contribution >= 0.6 is 11.6 Å². The van der Waals surface area contributed by atoms with Gasteiger partial charge in [-0.2, -0.15) is 0 Å². The van der Waals surface area contributed by atoms with Gasteiger partial charge in [-0.3, -0.25) is 0 Å². The lowest BCUT2D eigenvalue weighted by molar-refractivity contribution is 0.160. The number of aliphatic hydroxyl groups is 1. The predicted octanol–water partition coefficient (Wildman–Crippen LogP) is 3.17. The number of aliphatic hydroxyl groups excluding tert-OH is 1. The van der Waals surface area contributed by atoms with Crippen molar-refractivity contribution >= 4 is 11.6 Å². The number of hydrogen-bond donors (Lipinski definition) is 1. The van der Waals surface area contributed by atoms with Crippen molar-refractivity contribution < 1.29 is 5.11 Å². The second-order valence-electron chi connectivity index (χ2n) is 3.75. The Hall–Kier alpha value is -0.530. The Balaban J connectivity index is 2.01. The smallest absolute Gasteiger partial charge is 0.0792 e. The van der Waals surface area contributed by atoms with E-state index >= 15 is 0 Å². The number of rotatable bonds is 3. The second-order valence-corrected chi connectivity index (χ2v) is 4.18. The normalized spacial score (nSPS) is 18.6. The maximum absolute atomic E-state index is 9.78. The summed E-state index contributed by atoms with van der Waals surface area (Å²) in [5.41, 5.74) is 0.983. The van der Waals surface area contributed by atoms with Gasteiger partial charge in [0.15, 0.2) is 0 Å². The van der Waals surface area contributed by atoms with Crippen LogP contribution in [0.15, 0.2) is 24.3 Å². The zero-order chi connectivity index (χ0) is 9.26. The van der Waals surface area contributed by atoms with Crippen molar-refractivity contribution in [1.29, 1.82) is 0 Å². The first-order valence-corrected chi connectivity index (χ1v) is 5.07. The van der Waals surface area contributed by atoms with Gasteiger partial charge in [-0.25, -0.2) is 0 Å². The first-order valence-electron chi connectivity index (χ1n) is 4.69. The molecule has 0 spiro atoms. The monoisotopic (exact) mass is 196 g/mol. The predicted molar refractivity (Wildman–Crippen MR) is 53.8 cm³/mol. The van der Waals surface area contributed by atoms with Crippen LogP contribution in [0, 0.1) is 5.92 Å². The van der Waals surface area contributed by atoms with Gasteiger partial charge in [0.2, 0.25) is 0 Å². The van der Waals surface area contributed by atoms with Gasteiger partial charge in [-0.15, -0.1) is 0 Å². The van der Waals surface area contributed by atoms with Crippen LogP contribution in [0.25, 0.3) is 0 Å². The van der Waals surface area contributed by atoms with Gasteiger partial charge >= 0.3 is 0 Å². The summed E-state index contributed by atoms with van der Waals surface area (Å²) in [6.45, 7) is 0. The SMILES string of the molecule is OC(CC1CC1)c1ccc(Cl)cc1. The van der Waals surface area contributed by atoms with Crippen molar-refractivity contribution in [3.63, 3.8) is 0 Å². The molecule has 1 aromatic rings. The summed E-state index contributed by atoms with van der Waals surface area (Å²) < 4.78 is 0. The molecule has 13 heavy (non-hydrogen) atoms. The molecule has 0 amide bonds. The molecule has 1 fully saturated rings. The topological polar surface area (TPSA) is 20.2 Å². The lowest BCUT2D eigenvalue weighted by Gasteiger charge is -2.09. The van der Waals surface area contributed by atoms with E-state index in [9.17, 15) is 5.11 Å². The van der Waals surface area contributed by atoms with Gasteiger partial charge in [0.05, 0.1) is 6.10 Å². The molecule has 2 heteroatoms. The van der Waals surface area contributed by atoms with Crippen LogP contribution in [0.5, 0.6) is 0 Å². The minimum absolute atomic E-state index is 0.301. The molecule has 0 heterocycles. The van der Waals surface area contributed by atoms with Crippen LogP contribution in [-0.2, 0) is 0 Å². The summed E-state index contributed by atoms with van der Waals surface area (Å²) in [6, 6.07) is 7.45. The van der Waals surface area contributed by atoms with Gasteiger partial charge < -0.3 is 5.11 Å². The van der Waals surface area contributed by atoms with E-state index in [1.165, 1.54) is 12.8 Å². The molecule has 0 aromatic heterocycles. The quantitative estimate of drug-likeness (QED) is 0.788. The van der Waals surface area contributed by atoms with E-state index in [1.807, 2.05) is 24.3 Å². The summed E-state index contributed by atoms with van der Waals surface area (Å²) in [7, 11) is 0. The average molecular weight is 197 g/mol. The molecular formula is C11H13ClO. The van der Waals surface area contributed by atoms with E-state index in [0.29, 0.717) is 0 Å². The zero-order valence-corrected chi connectivity index (χ0v) is 8.17. The van der Waals surface area contributed by atoms with Gasteiger partial charge in [0.1, 0.15) is 0 Å². The molecule has 1 aliphatic rings. The van der Waals surface area contributed by atoms with Crippen molar-refractivity contribution in [3.05, 3.63) is 34.9 Å². The van der Waals surface area contributed by atoms with Crippen molar-refractivity contribution in [1.82, 2.24) is 0 Å². The largest absolute Gasteiger partial charge is 0.388 e. The molecular weight excluding hydrogens is 184 g/mol. The Morgan fingerprint density at radius 1 is 1.31 bits per heavy atom. The molecule has 1 aliphatic carbocycles. The van der Waals surface area contributed by atoms with Crippen LogP contribution in [-0.4, -0.2) is 5.11 Å². The molecule has 1 N–H and O–H groups in total. The molecule has 1 aromatic carbocycles. The van der Waals surface area contributed by atoms with E-state index in [1.54, 1.807) is 0 Å². The van der Waals surface area contributed by atoms with Crippen molar-refractivity contribution in [2.45, 2.75) is 25.4 Å². The fraction of sp³-hybridized carbons (Fsp3) is 0.455. The lowest BCUT2D eigenvalue weighted by Crippen LogP contribution is -1.97. The highest BCUT2D eigenvalue weighted by Crippen LogP contribution is 2.37. The Morgan fingerprint density at radius 3 is 2.46 bits per heavy atom. The summed E-state index contributed by atoms with van der Waals surface area (Å²) in [5, 5.41) is 10.5. The first-order chi connectivity index (χ1) is 6.25. The molecule has 70 valence electrons. The minimum atomic E-state index is -0.301. The zero-order valence-electron chi connectivity index (χ0n) is 7.41. The van der Waals surface area contributed by atoms with Crippen LogP contribution in [0.1, 0.15) is 30.9 Å². The third-order valence-electron chi connectivity index (χ3n) is 2.51. The average Bonchev–Trinajstić information content (AvgIpc) is 2.89. The molecule has 0 saturated heterocycles. The molecule has 1 nitrogen and oxygen atoms in total. The van der Waals surface area contributed by atoms with Crippen LogP contribution < -0.4 is 0 Å². The summed E-state index contributed by atoms with van der Waals surface area (Å²) >= 11 is 5.75. The minimum Gasteiger partial charge on any atom is -0.388 e. The summed E-state index contributed by atoms with van der Waals surface area (Å²) in [6.07, 6.45) is 3.17. The van der Waals surface area contributed by atoms with Crippen LogP contribution in [0.3, 0.4) is 0 Å². The fourth-order valence-corrected chi connectivity index (χ4v) is 1.62. The van der Waals surface area contributed by atoms with Gasteiger partial charge in [-0.1, -0.05) is 36.6 Å². The van der Waals surface area contributed by atoms with E-state index in [2.05, 4.69) is 0 Å². The summed E-state index contributed by atoms with van der Waals surface area (Å²) in [4.78, 5) is 0. The van der Waals surface area contributed by atoms with Crippen molar-refractivity contribution in [3.8, 4) is 0 Å². The highest BCUT2D eigenvalue weighted by molar-refractivity contribution is 6.30. The van der Waals surface area contributed by atoms with E-state index < -0.39 is 0 Å². The maximum atomic E-state index is 9.78. The van der Waals surface area contributed by atoms with E-state index in [4.69, 9.17) is 11.6 Å². The number of halogens is 1. The highest BCUT2D eigenvalue weighted by atomic mass is 35.5. The van der Waals surface area contributed by atoms with Crippen molar-refractivity contribution in [2.75, 3.05) is 0 Å². The Morgan fingerprint density at radius 2 is 1.92 bits per heavy atom. The Bertz CT molecular complexity index is 277. The molecule has 0 bridgehead atoms.